The first kappa shape index (κ1) is 18.9. The van der Waals surface area contributed by atoms with Gasteiger partial charge >= 0.3 is 0 Å². The van der Waals surface area contributed by atoms with E-state index >= 15 is 0 Å². The van der Waals surface area contributed by atoms with E-state index in [1.165, 1.54) is 5.56 Å². The van der Waals surface area contributed by atoms with Gasteiger partial charge in [-0.15, -0.1) is 0 Å². The maximum atomic E-state index is 12.7. The standard InChI is InChI=1S/C24H24N4O/c1-4-17-10-12-18(13-11-17)28-16(3)21(15-26-28)23-14-20(24(29)25-5-2)19-8-6-7-9-22(19)27-23/h6-15H,4-5H2,1-3H3,(H,25,29). The van der Waals surface area contributed by atoms with Gasteiger partial charge in [0, 0.05) is 17.5 Å². The van der Waals surface area contributed by atoms with E-state index in [1.807, 2.05) is 55.1 Å². The number of rotatable bonds is 5. The number of para-hydroxylation sites is 1. The Bertz CT molecular complexity index is 1180. The lowest BCUT2D eigenvalue weighted by Crippen LogP contribution is -2.23. The van der Waals surface area contributed by atoms with Crippen LogP contribution in [-0.2, 0) is 6.42 Å². The van der Waals surface area contributed by atoms with Crippen LogP contribution in [0.15, 0.2) is 60.8 Å². The number of fused-ring (bicyclic) bond motifs is 1. The van der Waals surface area contributed by atoms with Gasteiger partial charge in [-0.25, -0.2) is 9.67 Å². The van der Waals surface area contributed by atoms with Gasteiger partial charge < -0.3 is 5.32 Å². The summed E-state index contributed by atoms with van der Waals surface area (Å²) in [6.07, 6.45) is 2.83. The number of carbonyl (C=O) groups excluding carboxylic acids is 1. The lowest BCUT2D eigenvalue weighted by atomic mass is 10.0. The van der Waals surface area contributed by atoms with E-state index < -0.39 is 0 Å². The van der Waals surface area contributed by atoms with Gasteiger partial charge in [-0.1, -0.05) is 37.3 Å². The van der Waals surface area contributed by atoms with Crippen LogP contribution in [0.3, 0.4) is 0 Å². The van der Waals surface area contributed by atoms with Gasteiger partial charge in [0.15, 0.2) is 0 Å². The Morgan fingerprint density at radius 3 is 2.55 bits per heavy atom. The van der Waals surface area contributed by atoms with Crippen molar-refractivity contribution in [3.63, 3.8) is 0 Å². The van der Waals surface area contributed by atoms with E-state index in [9.17, 15) is 4.79 Å². The highest BCUT2D eigenvalue weighted by molar-refractivity contribution is 6.07. The van der Waals surface area contributed by atoms with Crippen molar-refractivity contribution in [3.05, 3.63) is 77.6 Å². The Hall–Kier alpha value is -3.47. The highest BCUT2D eigenvalue weighted by atomic mass is 16.1. The molecule has 4 aromatic rings. The second-order valence-electron chi connectivity index (χ2n) is 7.01. The van der Waals surface area contributed by atoms with Crippen LogP contribution < -0.4 is 5.32 Å². The Morgan fingerprint density at radius 1 is 1.07 bits per heavy atom. The molecular formula is C24H24N4O. The van der Waals surface area contributed by atoms with Crippen LogP contribution >= 0.6 is 0 Å². The summed E-state index contributed by atoms with van der Waals surface area (Å²) in [4.78, 5) is 17.5. The summed E-state index contributed by atoms with van der Waals surface area (Å²) in [5, 5.41) is 8.34. The van der Waals surface area contributed by atoms with Crippen LogP contribution in [0.25, 0.3) is 27.8 Å². The normalized spacial score (nSPS) is 11.0. The molecule has 1 N–H and O–H groups in total. The molecule has 5 heteroatoms. The molecule has 0 spiro atoms. The van der Waals surface area contributed by atoms with Crippen molar-refractivity contribution in [1.82, 2.24) is 20.1 Å². The molecule has 0 unspecified atom stereocenters. The lowest BCUT2D eigenvalue weighted by Gasteiger charge is -2.10. The van der Waals surface area contributed by atoms with E-state index in [-0.39, 0.29) is 5.91 Å². The molecule has 5 nitrogen and oxygen atoms in total. The smallest absolute Gasteiger partial charge is 0.252 e. The van der Waals surface area contributed by atoms with Crippen molar-refractivity contribution in [1.29, 1.82) is 0 Å². The zero-order valence-corrected chi connectivity index (χ0v) is 16.9. The molecule has 146 valence electrons. The first-order valence-corrected chi connectivity index (χ1v) is 9.94. The van der Waals surface area contributed by atoms with E-state index in [4.69, 9.17) is 4.98 Å². The number of hydrogen-bond donors (Lipinski definition) is 1. The summed E-state index contributed by atoms with van der Waals surface area (Å²) < 4.78 is 1.91. The molecule has 1 amide bonds. The Morgan fingerprint density at radius 2 is 1.83 bits per heavy atom. The first-order chi connectivity index (χ1) is 14.1. The Balaban J connectivity index is 1.82. The summed E-state index contributed by atoms with van der Waals surface area (Å²) >= 11 is 0. The molecule has 0 radical (unpaired) electrons. The number of benzene rings is 2. The third kappa shape index (κ3) is 3.51. The maximum absolute atomic E-state index is 12.7. The van der Waals surface area contributed by atoms with Gasteiger partial charge in [0.25, 0.3) is 5.91 Å². The largest absolute Gasteiger partial charge is 0.352 e. The lowest BCUT2D eigenvalue weighted by molar-refractivity contribution is 0.0957. The number of nitrogens with zero attached hydrogens (tertiary/aromatic N) is 3. The third-order valence-electron chi connectivity index (χ3n) is 5.17. The third-order valence-corrected chi connectivity index (χ3v) is 5.17. The minimum absolute atomic E-state index is 0.0902. The number of amides is 1. The van der Waals surface area contributed by atoms with Gasteiger partial charge in [0.05, 0.1) is 34.4 Å². The molecule has 0 bridgehead atoms. The summed E-state index contributed by atoms with van der Waals surface area (Å²) in [5.74, 6) is -0.0902. The van der Waals surface area contributed by atoms with Crippen LogP contribution in [0.5, 0.6) is 0 Å². The molecule has 2 aromatic carbocycles. The summed E-state index contributed by atoms with van der Waals surface area (Å²) in [7, 11) is 0. The zero-order chi connectivity index (χ0) is 20.4. The highest BCUT2D eigenvalue weighted by Gasteiger charge is 2.17. The van der Waals surface area contributed by atoms with Crippen LogP contribution in [0.2, 0.25) is 0 Å². The molecule has 0 aliphatic rings. The topological polar surface area (TPSA) is 59.8 Å². The Labute approximate surface area is 170 Å². The SMILES string of the molecule is CCNC(=O)c1cc(-c2cnn(-c3ccc(CC)cc3)c2C)nc2ccccc12. The van der Waals surface area contributed by atoms with Gasteiger partial charge in [0.2, 0.25) is 0 Å². The van der Waals surface area contributed by atoms with Crippen LogP contribution in [0, 0.1) is 6.92 Å². The van der Waals surface area contributed by atoms with Crippen LogP contribution in [-0.4, -0.2) is 27.2 Å². The first-order valence-electron chi connectivity index (χ1n) is 9.94. The zero-order valence-electron chi connectivity index (χ0n) is 16.9. The quantitative estimate of drug-likeness (QED) is 0.542. The second kappa shape index (κ2) is 7.87. The molecule has 4 rings (SSSR count). The summed E-state index contributed by atoms with van der Waals surface area (Å²) in [5.41, 5.74) is 6.38. The van der Waals surface area contributed by atoms with Gasteiger partial charge in [-0.3, -0.25) is 4.79 Å². The van der Waals surface area contributed by atoms with E-state index in [0.29, 0.717) is 12.1 Å². The number of pyridine rings is 1. The van der Waals surface area contributed by atoms with Gasteiger partial charge in [0.1, 0.15) is 0 Å². The minimum Gasteiger partial charge on any atom is -0.352 e. The molecule has 0 fully saturated rings. The average molecular weight is 384 g/mol. The van der Waals surface area contributed by atoms with Crippen LogP contribution in [0.4, 0.5) is 0 Å². The predicted molar refractivity (Wildman–Crippen MR) is 116 cm³/mol. The van der Waals surface area contributed by atoms with E-state index in [2.05, 4.69) is 41.6 Å². The highest BCUT2D eigenvalue weighted by Crippen LogP contribution is 2.28. The second-order valence-corrected chi connectivity index (χ2v) is 7.01. The molecule has 29 heavy (non-hydrogen) atoms. The van der Waals surface area contributed by atoms with Crippen molar-refractivity contribution in [2.75, 3.05) is 6.54 Å². The molecule has 0 saturated carbocycles. The molecule has 0 atom stereocenters. The fourth-order valence-electron chi connectivity index (χ4n) is 3.55. The fraction of sp³-hybridized carbons (Fsp3) is 0.208. The molecule has 0 saturated heterocycles. The van der Waals surface area contributed by atoms with Crippen LogP contribution in [0.1, 0.15) is 35.5 Å². The Kier molecular flexibility index (Phi) is 5.12. The summed E-state index contributed by atoms with van der Waals surface area (Å²) in [6, 6.07) is 18.0. The van der Waals surface area contributed by atoms with E-state index in [1.54, 1.807) is 0 Å². The molecule has 2 aromatic heterocycles. The number of aryl methyl sites for hydroxylation is 1. The van der Waals surface area contributed by atoms with Gasteiger partial charge in [-0.2, -0.15) is 5.10 Å². The van der Waals surface area contributed by atoms with E-state index in [0.717, 1.165) is 40.0 Å². The summed E-state index contributed by atoms with van der Waals surface area (Å²) in [6.45, 7) is 6.67. The number of hydrogen-bond acceptors (Lipinski definition) is 3. The predicted octanol–water partition coefficient (Wildman–Crippen LogP) is 4.71. The minimum atomic E-state index is -0.0902. The van der Waals surface area contributed by atoms with Crippen molar-refractivity contribution in [2.45, 2.75) is 27.2 Å². The molecule has 0 aliphatic carbocycles. The number of nitrogens with one attached hydrogen (secondary N) is 1. The molecule has 2 heterocycles. The maximum Gasteiger partial charge on any atom is 0.252 e. The van der Waals surface area contributed by atoms with Crippen molar-refractivity contribution in [3.8, 4) is 16.9 Å². The number of aromatic nitrogens is 3. The van der Waals surface area contributed by atoms with Crippen molar-refractivity contribution >= 4 is 16.8 Å². The van der Waals surface area contributed by atoms with Crippen molar-refractivity contribution < 1.29 is 4.79 Å². The average Bonchev–Trinajstić information content (AvgIpc) is 3.14. The number of carbonyl (C=O) groups is 1. The monoisotopic (exact) mass is 384 g/mol. The molecular weight excluding hydrogens is 360 g/mol. The van der Waals surface area contributed by atoms with Crippen molar-refractivity contribution in [2.24, 2.45) is 0 Å². The fourth-order valence-corrected chi connectivity index (χ4v) is 3.55. The molecule has 0 aliphatic heterocycles. The van der Waals surface area contributed by atoms with Gasteiger partial charge in [-0.05, 0) is 50.1 Å².